The minimum atomic E-state index is -1.34. The summed E-state index contributed by atoms with van der Waals surface area (Å²) >= 11 is 7.79. The van der Waals surface area contributed by atoms with Crippen molar-refractivity contribution in [2.45, 2.75) is 183 Å². The van der Waals surface area contributed by atoms with Gasteiger partial charge in [-0.15, -0.1) is 23.4 Å². The average molecular weight is 681 g/mol. The number of ether oxygens (including phenoxy) is 2. The number of rotatable bonds is 23. The second-order valence-electron chi connectivity index (χ2n) is 13.1. The van der Waals surface area contributed by atoms with E-state index in [4.69, 9.17) is 21.1 Å². The van der Waals surface area contributed by atoms with Crippen LogP contribution in [0.1, 0.15) is 136 Å². The number of aliphatic hydroxyl groups is 2. The second kappa shape index (κ2) is 22.8. The molecule has 0 saturated carbocycles. The Kier molecular flexibility index (Phi) is 20.6. The standard InChI is InChI=1S/C34H62ClFN2O6S/c1-4-6-7-8-9-10-11-12-13-14-15-16-17-18-28(39)44-31-30(41)29(40)27(43-33(31)45-3)22-25(35)24-38-32(42)26-23-34(36,19-5-2)20-21-37-26/h25-27,29-31,33,37,40-41H,4-24H2,1-3H3,(H,38,42). The van der Waals surface area contributed by atoms with E-state index in [0.717, 1.165) is 25.7 Å². The molecule has 0 aromatic heterocycles. The number of hydrogen-bond acceptors (Lipinski definition) is 8. The fourth-order valence-electron chi connectivity index (χ4n) is 6.45. The number of piperidine rings is 1. The molecule has 2 saturated heterocycles. The molecule has 2 aliphatic heterocycles. The molecule has 2 fully saturated rings. The van der Waals surface area contributed by atoms with Crippen LogP contribution in [0.5, 0.6) is 0 Å². The molecule has 0 aromatic carbocycles. The summed E-state index contributed by atoms with van der Waals surface area (Å²) in [5.41, 5.74) is -2.00. The number of thioether (sulfide) groups is 1. The lowest BCUT2D eigenvalue weighted by atomic mass is 9.85. The smallest absolute Gasteiger partial charge is 0.306 e. The number of carbonyl (C=O) groups is 2. The van der Waals surface area contributed by atoms with Gasteiger partial charge in [0.05, 0.1) is 17.5 Å². The van der Waals surface area contributed by atoms with E-state index < -0.39 is 52.9 Å². The molecule has 4 N–H and O–H groups in total. The zero-order valence-electron chi connectivity index (χ0n) is 28.1. The maximum Gasteiger partial charge on any atom is 0.306 e. The van der Waals surface area contributed by atoms with E-state index in [9.17, 15) is 24.2 Å². The van der Waals surface area contributed by atoms with E-state index in [-0.39, 0.29) is 31.7 Å². The number of aliphatic hydroxyl groups excluding tert-OH is 2. The summed E-state index contributed by atoms with van der Waals surface area (Å²) in [7, 11) is 0. The molecule has 8 nitrogen and oxygen atoms in total. The predicted molar refractivity (Wildman–Crippen MR) is 181 cm³/mol. The molecule has 2 aliphatic rings. The third kappa shape index (κ3) is 15.4. The van der Waals surface area contributed by atoms with Gasteiger partial charge in [-0.25, -0.2) is 4.39 Å². The highest BCUT2D eigenvalue weighted by Gasteiger charge is 2.47. The van der Waals surface area contributed by atoms with Crippen molar-refractivity contribution in [2.75, 3.05) is 19.3 Å². The van der Waals surface area contributed by atoms with E-state index in [1.807, 2.05) is 6.92 Å². The summed E-state index contributed by atoms with van der Waals surface area (Å²) < 4.78 is 26.6. The summed E-state index contributed by atoms with van der Waals surface area (Å²) in [6.45, 7) is 4.73. The van der Waals surface area contributed by atoms with Crippen molar-refractivity contribution >= 4 is 35.2 Å². The lowest BCUT2D eigenvalue weighted by molar-refractivity contribution is -0.214. The Morgan fingerprint density at radius 3 is 2.18 bits per heavy atom. The molecule has 2 rings (SSSR count). The lowest BCUT2D eigenvalue weighted by Crippen LogP contribution is -2.58. The zero-order valence-corrected chi connectivity index (χ0v) is 29.7. The lowest BCUT2D eigenvalue weighted by Gasteiger charge is -2.42. The van der Waals surface area contributed by atoms with E-state index in [0.29, 0.717) is 19.4 Å². The van der Waals surface area contributed by atoms with E-state index in [1.165, 1.54) is 76.0 Å². The van der Waals surface area contributed by atoms with Gasteiger partial charge in [0, 0.05) is 19.4 Å². The molecular weight excluding hydrogens is 619 g/mol. The number of hydrogen-bond donors (Lipinski definition) is 4. The number of halogens is 2. The molecule has 0 radical (unpaired) electrons. The molecule has 0 spiro atoms. The summed E-state index contributed by atoms with van der Waals surface area (Å²) in [5, 5.41) is 26.9. The molecule has 0 bridgehead atoms. The molecule has 0 aromatic rings. The molecule has 11 heteroatoms. The quantitative estimate of drug-likeness (QED) is 0.0545. The second-order valence-corrected chi connectivity index (χ2v) is 14.7. The maximum absolute atomic E-state index is 15.0. The van der Waals surface area contributed by atoms with Crippen molar-refractivity contribution in [2.24, 2.45) is 0 Å². The topological polar surface area (TPSA) is 117 Å². The number of carbonyl (C=O) groups excluding carboxylic acids is 2. The fraction of sp³-hybridized carbons (Fsp3) is 0.941. The SMILES string of the molecule is CCCCCCCCCCCCCCCC(=O)OC1C(SC)OC(CC(Cl)CNC(=O)C2CC(F)(CCC)CCN2)C(O)C1O. The minimum Gasteiger partial charge on any atom is -0.456 e. The van der Waals surface area contributed by atoms with Gasteiger partial charge >= 0.3 is 5.97 Å². The average Bonchev–Trinajstić information content (AvgIpc) is 3.01. The van der Waals surface area contributed by atoms with Crippen LogP contribution in [0.4, 0.5) is 4.39 Å². The first-order chi connectivity index (χ1) is 21.6. The van der Waals surface area contributed by atoms with Crippen molar-refractivity contribution in [1.29, 1.82) is 0 Å². The maximum atomic E-state index is 15.0. The zero-order chi connectivity index (χ0) is 33.1. The van der Waals surface area contributed by atoms with Crippen molar-refractivity contribution in [1.82, 2.24) is 10.6 Å². The van der Waals surface area contributed by atoms with Crippen molar-refractivity contribution < 1.29 is 33.7 Å². The summed E-state index contributed by atoms with van der Waals surface area (Å²) in [6.07, 6.45) is 15.4. The first-order valence-electron chi connectivity index (χ1n) is 17.7. The number of unbranched alkanes of at least 4 members (excludes halogenated alkanes) is 12. The predicted octanol–water partition coefficient (Wildman–Crippen LogP) is 6.56. The number of esters is 1. The summed E-state index contributed by atoms with van der Waals surface area (Å²) in [5.74, 6) is -0.706. The van der Waals surface area contributed by atoms with Crippen molar-refractivity contribution in [3.8, 4) is 0 Å². The van der Waals surface area contributed by atoms with Crippen LogP contribution in [0.3, 0.4) is 0 Å². The molecule has 8 unspecified atom stereocenters. The fourth-order valence-corrected chi connectivity index (χ4v) is 7.45. The number of nitrogens with one attached hydrogen (secondary N) is 2. The van der Waals surface area contributed by atoms with Gasteiger partial charge in [-0.05, 0) is 38.5 Å². The number of amides is 1. The van der Waals surface area contributed by atoms with Crippen LogP contribution < -0.4 is 10.6 Å². The first kappa shape index (κ1) is 40.5. The molecule has 1 amide bonds. The van der Waals surface area contributed by atoms with E-state index >= 15 is 0 Å². The van der Waals surface area contributed by atoms with Gasteiger partial charge in [-0.1, -0.05) is 97.3 Å². The Morgan fingerprint density at radius 2 is 1.60 bits per heavy atom. The molecule has 8 atom stereocenters. The Labute approximate surface area is 281 Å². The van der Waals surface area contributed by atoms with Crippen molar-refractivity contribution in [3.63, 3.8) is 0 Å². The monoisotopic (exact) mass is 680 g/mol. The van der Waals surface area contributed by atoms with Gasteiger partial charge in [0.15, 0.2) is 6.10 Å². The van der Waals surface area contributed by atoms with E-state index in [1.54, 1.807) is 6.26 Å². The van der Waals surface area contributed by atoms with Crippen LogP contribution in [-0.4, -0.2) is 88.4 Å². The van der Waals surface area contributed by atoms with Crippen LogP contribution in [0.2, 0.25) is 0 Å². The van der Waals surface area contributed by atoms with Gasteiger partial charge in [0.2, 0.25) is 5.91 Å². The highest BCUT2D eigenvalue weighted by Crippen LogP contribution is 2.33. The third-order valence-corrected chi connectivity index (χ3v) is 10.3. The van der Waals surface area contributed by atoms with Crippen LogP contribution in [0.25, 0.3) is 0 Å². The van der Waals surface area contributed by atoms with Gasteiger partial charge in [0.1, 0.15) is 23.3 Å². The minimum absolute atomic E-state index is 0.107. The summed E-state index contributed by atoms with van der Waals surface area (Å²) in [6, 6.07) is -0.617. The van der Waals surface area contributed by atoms with Crippen LogP contribution >= 0.6 is 23.4 Å². The van der Waals surface area contributed by atoms with Crippen molar-refractivity contribution in [3.05, 3.63) is 0 Å². The first-order valence-corrected chi connectivity index (χ1v) is 19.4. The molecule has 264 valence electrons. The highest BCUT2D eigenvalue weighted by molar-refractivity contribution is 7.99. The van der Waals surface area contributed by atoms with Gasteiger partial charge < -0.3 is 30.3 Å². The van der Waals surface area contributed by atoms with Crippen LogP contribution in [0.15, 0.2) is 0 Å². The Hall–Kier alpha value is -0.650. The largest absolute Gasteiger partial charge is 0.456 e. The molecule has 2 heterocycles. The Morgan fingerprint density at radius 1 is 1.00 bits per heavy atom. The number of alkyl halides is 2. The van der Waals surface area contributed by atoms with Gasteiger partial charge in [-0.3, -0.25) is 9.59 Å². The highest BCUT2D eigenvalue weighted by atomic mass is 35.5. The van der Waals surface area contributed by atoms with Crippen LogP contribution in [0, 0.1) is 0 Å². The molecule has 0 aliphatic carbocycles. The third-order valence-electron chi connectivity index (χ3n) is 9.16. The Bertz CT molecular complexity index is 826. The van der Waals surface area contributed by atoms with E-state index in [2.05, 4.69) is 17.6 Å². The Balaban J connectivity index is 1.65. The van der Waals surface area contributed by atoms with Gasteiger partial charge in [0.25, 0.3) is 0 Å². The molecular formula is C34H62ClFN2O6S. The molecule has 45 heavy (non-hydrogen) atoms. The normalized spacial score (nSPS) is 29.3. The summed E-state index contributed by atoms with van der Waals surface area (Å²) in [4.78, 5) is 25.3. The van der Waals surface area contributed by atoms with Crippen LogP contribution in [-0.2, 0) is 19.1 Å². The van der Waals surface area contributed by atoms with Gasteiger partial charge in [-0.2, -0.15) is 0 Å².